The Morgan fingerprint density at radius 1 is 1.10 bits per heavy atom. The summed E-state index contributed by atoms with van der Waals surface area (Å²) in [5.41, 5.74) is 1.74. The number of nitrogens with one attached hydrogen (secondary N) is 3. The maximum atomic E-state index is 11.8. The number of amides is 1. The molecular formula is C22H37IN4O3. The van der Waals surface area contributed by atoms with E-state index in [-0.39, 0.29) is 29.9 Å². The van der Waals surface area contributed by atoms with Gasteiger partial charge in [-0.05, 0) is 56.7 Å². The fourth-order valence-electron chi connectivity index (χ4n) is 3.08. The van der Waals surface area contributed by atoms with Gasteiger partial charge in [-0.2, -0.15) is 0 Å². The summed E-state index contributed by atoms with van der Waals surface area (Å²) in [7, 11) is 0. The first-order chi connectivity index (χ1) is 14.2. The Balaban J connectivity index is 0.00000450. The third kappa shape index (κ3) is 10.6. The quantitative estimate of drug-likeness (QED) is 0.177. The summed E-state index contributed by atoms with van der Waals surface area (Å²) in [4.78, 5) is 16.4. The van der Waals surface area contributed by atoms with Gasteiger partial charge in [0, 0.05) is 51.6 Å². The van der Waals surface area contributed by atoms with Crippen molar-refractivity contribution in [2.75, 3.05) is 46.1 Å². The van der Waals surface area contributed by atoms with Gasteiger partial charge in [-0.3, -0.25) is 4.79 Å². The standard InChI is InChI=1S/C22H36N4O3.HI/c1-3-23-21(27)20-8-6-18(7-9-20)16-26-22(24-4-2)25-12-5-13-29-17-19-10-14-28-15-11-19;/h6-9,19H,3-5,10-17H2,1-2H3,(H,23,27)(H2,24,25,26);1H. The Hall–Kier alpha value is -1.39. The van der Waals surface area contributed by atoms with Gasteiger partial charge in [-0.25, -0.2) is 4.99 Å². The average molecular weight is 532 g/mol. The monoisotopic (exact) mass is 532 g/mol. The van der Waals surface area contributed by atoms with E-state index < -0.39 is 0 Å². The molecule has 0 saturated carbocycles. The van der Waals surface area contributed by atoms with E-state index in [0.717, 1.165) is 70.3 Å². The molecule has 8 heteroatoms. The molecule has 1 fully saturated rings. The van der Waals surface area contributed by atoms with E-state index in [1.54, 1.807) is 0 Å². The molecule has 170 valence electrons. The average Bonchev–Trinajstić information content (AvgIpc) is 2.75. The van der Waals surface area contributed by atoms with Crippen LogP contribution >= 0.6 is 24.0 Å². The number of ether oxygens (including phenoxy) is 2. The summed E-state index contributed by atoms with van der Waals surface area (Å²) in [6.07, 6.45) is 3.16. The van der Waals surface area contributed by atoms with Crippen molar-refractivity contribution < 1.29 is 14.3 Å². The van der Waals surface area contributed by atoms with Gasteiger partial charge in [-0.15, -0.1) is 24.0 Å². The first-order valence-electron chi connectivity index (χ1n) is 10.8. The van der Waals surface area contributed by atoms with Gasteiger partial charge in [0.25, 0.3) is 5.91 Å². The molecule has 1 aliphatic heterocycles. The summed E-state index contributed by atoms with van der Waals surface area (Å²) >= 11 is 0. The zero-order valence-corrected chi connectivity index (χ0v) is 20.6. The second-order valence-electron chi connectivity index (χ2n) is 7.16. The van der Waals surface area contributed by atoms with Crippen LogP contribution in [0, 0.1) is 5.92 Å². The van der Waals surface area contributed by atoms with Crippen molar-refractivity contribution in [2.45, 2.75) is 39.7 Å². The summed E-state index contributed by atoms with van der Waals surface area (Å²) in [6.45, 7) is 10.1. The van der Waals surface area contributed by atoms with Gasteiger partial charge in [0.05, 0.1) is 6.54 Å². The highest BCUT2D eigenvalue weighted by Gasteiger charge is 2.13. The summed E-state index contributed by atoms with van der Waals surface area (Å²) in [5.74, 6) is 1.40. The number of hydrogen-bond acceptors (Lipinski definition) is 4. The third-order valence-corrected chi connectivity index (χ3v) is 4.77. The molecule has 3 N–H and O–H groups in total. The van der Waals surface area contributed by atoms with E-state index in [9.17, 15) is 4.79 Å². The lowest BCUT2D eigenvalue weighted by Crippen LogP contribution is -2.38. The van der Waals surface area contributed by atoms with E-state index >= 15 is 0 Å². The molecule has 0 radical (unpaired) electrons. The molecule has 2 rings (SSSR count). The van der Waals surface area contributed by atoms with Crippen molar-refractivity contribution in [1.82, 2.24) is 16.0 Å². The number of carbonyl (C=O) groups excluding carboxylic acids is 1. The van der Waals surface area contributed by atoms with Crippen LogP contribution in [0.2, 0.25) is 0 Å². The van der Waals surface area contributed by atoms with Crippen LogP contribution in [0.15, 0.2) is 29.3 Å². The lowest BCUT2D eigenvalue weighted by atomic mass is 10.0. The molecule has 30 heavy (non-hydrogen) atoms. The maximum absolute atomic E-state index is 11.8. The lowest BCUT2D eigenvalue weighted by Gasteiger charge is -2.21. The normalized spacial score (nSPS) is 14.7. The van der Waals surface area contributed by atoms with Crippen LogP contribution in [0.5, 0.6) is 0 Å². The zero-order chi connectivity index (χ0) is 20.7. The fraction of sp³-hybridized carbons (Fsp3) is 0.636. The van der Waals surface area contributed by atoms with Crippen LogP contribution in [-0.2, 0) is 16.0 Å². The summed E-state index contributed by atoms with van der Waals surface area (Å²) in [5, 5.41) is 9.41. The van der Waals surface area contributed by atoms with Crippen molar-refractivity contribution in [3.63, 3.8) is 0 Å². The number of hydrogen-bond donors (Lipinski definition) is 3. The highest BCUT2D eigenvalue weighted by Crippen LogP contribution is 2.14. The van der Waals surface area contributed by atoms with Crippen LogP contribution in [0.4, 0.5) is 0 Å². The predicted octanol–water partition coefficient (Wildman–Crippen LogP) is 2.94. The van der Waals surface area contributed by atoms with E-state index in [1.807, 2.05) is 31.2 Å². The molecule has 0 bridgehead atoms. The van der Waals surface area contributed by atoms with Gasteiger partial charge in [-0.1, -0.05) is 12.1 Å². The fourth-order valence-corrected chi connectivity index (χ4v) is 3.08. The van der Waals surface area contributed by atoms with E-state index in [0.29, 0.717) is 24.6 Å². The third-order valence-electron chi connectivity index (χ3n) is 4.77. The number of rotatable bonds is 11. The molecule has 0 unspecified atom stereocenters. The Morgan fingerprint density at radius 2 is 1.80 bits per heavy atom. The molecule has 1 aliphatic rings. The molecule has 0 atom stereocenters. The van der Waals surface area contributed by atoms with Crippen LogP contribution in [-0.4, -0.2) is 57.9 Å². The number of benzene rings is 1. The summed E-state index contributed by atoms with van der Waals surface area (Å²) in [6, 6.07) is 7.57. The summed E-state index contributed by atoms with van der Waals surface area (Å²) < 4.78 is 11.2. The van der Waals surface area contributed by atoms with Gasteiger partial charge >= 0.3 is 0 Å². The molecule has 1 aromatic carbocycles. The van der Waals surface area contributed by atoms with Crippen molar-refractivity contribution >= 4 is 35.8 Å². The number of aliphatic imine (C=N–C) groups is 1. The molecule has 1 heterocycles. The molecule has 0 spiro atoms. The minimum Gasteiger partial charge on any atom is -0.381 e. The molecule has 1 saturated heterocycles. The highest BCUT2D eigenvalue weighted by molar-refractivity contribution is 14.0. The largest absolute Gasteiger partial charge is 0.381 e. The Bertz CT molecular complexity index is 619. The molecule has 7 nitrogen and oxygen atoms in total. The second-order valence-corrected chi connectivity index (χ2v) is 7.16. The molecule has 1 amide bonds. The van der Waals surface area contributed by atoms with E-state index in [1.165, 1.54) is 0 Å². The molecule has 0 aliphatic carbocycles. The minimum absolute atomic E-state index is 0. The van der Waals surface area contributed by atoms with E-state index in [4.69, 9.17) is 9.47 Å². The van der Waals surface area contributed by atoms with Crippen molar-refractivity contribution in [2.24, 2.45) is 10.9 Å². The Labute approximate surface area is 197 Å². The van der Waals surface area contributed by atoms with Gasteiger partial charge in [0.1, 0.15) is 0 Å². The number of carbonyl (C=O) groups is 1. The smallest absolute Gasteiger partial charge is 0.251 e. The molecule has 0 aromatic heterocycles. The van der Waals surface area contributed by atoms with Crippen LogP contribution in [0.25, 0.3) is 0 Å². The predicted molar refractivity (Wildman–Crippen MR) is 132 cm³/mol. The first kappa shape index (κ1) is 26.6. The molecular weight excluding hydrogens is 495 g/mol. The van der Waals surface area contributed by atoms with Crippen LogP contribution in [0.3, 0.4) is 0 Å². The van der Waals surface area contributed by atoms with Crippen LogP contribution < -0.4 is 16.0 Å². The first-order valence-corrected chi connectivity index (χ1v) is 10.8. The second kappa shape index (κ2) is 16.3. The van der Waals surface area contributed by atoms with Crippen LogP contribution in [0.1, 0.15) is 49.0 Å². The van der Waals surface area contributed by atoms with Crippen molar-refractivity contribution in [3.8, 4) is 0 Å². The molecule has 1 aromatic rings. The lowest BCUT2D eigenvalue weighted by molar-refractivity contribution is 0.0203. The number of guanidine groups is 1. The highest BCUT2D eigenvalue weighted by atomic mass is 127. The number of halogens is 1. The SMILES string of the molecule is CCNC(=O)c1ccc(CN=C(NCC)NCCCOCC2CCOCC2)cc1.I. The van der Waals surface area contributed by atoms with Crippen molar-refractivity contribution in [1.29, 1.82) is 0 Å². The minimum atomic E-state index is -0.0448. The van der Waals surface area contributed by atoms with Gasteiger partial charge in [0.15, 0.2) is 5.96 Å². The van der Waals surface area contributed by atoms with Gasteiger partial charge < -0.3 is 25.4 Å². The number of nitrogens with zero attached hydrogens (tertiary/aromatic N) is 1. The van der Waals surface area contributed by atoms with Crippen molar-refractivity contribution in [3.05, 3.63) is 35.4 Å². The zero-order valence-electron chi connectivity index (χ0n) is 18.2. The van der Waals surface area contributed by atoms with Gasteiger partial charge in [0.2, 0.25) is 0 Å². The Kier molecular flexibility index (Phi) is 14.5. The topological polar surface area (TPSA) is 84.0 Å². The Morgan fingerprint density at radius 3 is 2.47 bits per heavy atom. The van der Waals surface area contributed by atoms with E-state index in [2.05, 4.69) is 27.9 Å². The maximum Gasteiger partial charge on any atom is 0.251 e.